The average molecular weight is 809 g/mol. The molecule has 0 radical (unpaired) electrons. The zero-order valence-electron chi connectivity index (χ0n) is 29.6. The Hall–Kier alpha value is -5.59. The van der Waals surface area contributed by atoms with E-state index < -0.39 is 23.4 Å². The number of carbonyl (C=O) groups is 5. The summed E-state index contributed by atoms with van der Waals surface area (Å²) in [5, 5.41) is 12.0. The van der Waals surface area contributed by atoms with E-state index in [4.69, 9.17) is 16.3 Å². The molecule has 5 amide bonds. The standard InChI is InChI=1S/C37H35ClF2N8O7S/c38-37(39,40)55-24-6-4-23(5-7-24)43-34(51)22-18-26(28-10-11-42-45-28)33(41-19-22)47-14-12-46(13-15-47)32(50)21-54-16-17-56-30-3-1-2-25-27(30)20-48(36(25)53)29-8-9-31(49)44-35(29)52/h1-7,10-11,18-19,29H,8-9,12-17,20-21H2,(H,42,45)(H,43,51)(H,44,49,52). The van der Waals surface area contributed by atoms with E-state index in [2.05, 4.69) is 30.6 Å². The quantitative estimate of drug-likeness (QED) is 0.0767. The highest BCUT2D eigenvalue weighted by atomic mass is 35.5. The Labute approximate surface area is 328 Å². The van der Waals surface area contributed by atoms with E-state index in [9.17, 15) is 32.8 Å². The van der Waals surface area contributed by atoms with Crippen molar-refractivity contribution in [1.82, 2.24) is 30.3 Å². The van der Waals surface area contributed by atoms with Crippen LogP contribution in [0.3, 0.4) is 0 Å². The van der Waals surface area contributed by atoms with Gasteiger partial charge in [-0.3, -0.25) is 34.4 Å². The molecular weight excluding hydrogens is 774 g/mol. The summed E-state index contributed by atoms with van der Waals surface area (Å²) in [4.78, 5) is 74.1. The second-order valence-corrected chi connectivity index (χ2v) is 14.6. The molecule has 1 atom stereocenters. The van der Waals surface area contributed by atoms with Crippen LogP contribution in [-0.2, 0) is 25.7 Å². The number of piperazine rings is 1. The van der Waals surface area contributed by atoms with Gasteiger partial charge in [-0.15, -0.1) is 20.5 Å². The molecule has 0 saturated carbocycles. The second-order valence-electron chi connectivity index (χ2n) is 13.0. The van der Waals surface area contributed by atoms with Gasteiger partial charge in [0, 0.05) is 90.6 Å². The lowest BCUT2D eigenvalue weighted by molar-refractivity contribution is -0.137. The number of nitrogens with zero attached hydrogens (tertiary/aromatic N) is 5. The lowest BCUT2D eigenvalue weighted by atomic mass is 10.0. The van der Waals surface area contributed by atoms with Gasteiger partial charge >= 0.3 is 5.57 Å². The van der Waals surface area contributed by atoms with Crippen LogP contribution in [0.15, 0.2) is 71.9 Å². The molecule has 15 nitrogen and oxygen atoms in total. The summed E-state index contributed by atoms with van der Waals surface area (Å²) in [7, 11) is 0. The van der Waals surface area contributed by atoms with E-state index in [0.29, 0.717) is 73.3 Å². The minimum absolute atomic E-state index is 0.0916. The molecule has 5 heterocycles. The predicted octanol–water partition coefficient (Wildman–Crippen LogP) is 4.11. The molecular formula is C37H35ClF2N8O7S. The number of pyridine rings is 1. The number of alkyl halides is 3. The number of hydrogen-bond acceptors (Lipinski definition) is 11. The molecule has 292 valence electrons. The van der Waals surface area contributed by atoms with Gasteiger partial charge in [-0.1, -0.05) is 6.07 Å². The predicted molar refractivity (Wildman–Crippen MR) is 200 cm³/mol. The van der Waals surface area contributed by atoms with Gasteiger partial charge in [-0.05, 0) is 60.5 Å². The van der Waals surface area contributed by atoms with Crippen molar-refractivity contribution in [3.63, 3.8) is 0 Å². The summed E-state index contributed by atoms with van der Waals surface area (Å²) in [6.45, 7) is 2.29. The maximum Gasteiger partial charge on any atom is 0.487 e. The van der Waals surface area contributed by atoms with Crippen LogP contribution in [0.2, 0.25) is 0 Å². The molecule has 3 aliphatic rings. The first-order valence-corrected chi connectivity index (χ1v) is 19.0. The number of aromatic amines is 1. The third kappa shape index (κ3) is 8.93. The Balaban J connectivity index is 0.890. The Morgan fingerprint density at radius 3 is 2.54 bits per heavy atom. The monoisotopic (exact) mass is 808 g/mol. The lowest BCUT2D eigenvalue weighted by Crippen LogP contribution is -2.52. The molecule has 2 aromatic carbocycles. The number of aromatic nitrogens is 3. The molecule has 0 spiro atoms. The maximum absolute atomic E-state index is 13.1. The molecule has 56 heavy (non-hydrogen) atoms. The van der Waals surface area contributed by atoms with Gasteiger partial charge in [0.25, 0.3) is 11.8 Å². The normalized spacial score (nSPS) is 17.2. The van der Waals surface area contributed by atoms with Crippen molar-refractivity contribution in [3.8, 4) is 17.0 Å². The average Bonchev–Trinajstić information content (AvgIpc) is 3.84. The highest BCUT2D eigenvalue weighted by molar-refractivity contribution is 7.99. The van der Waals surface area contributed by atoms with E-state index in [1.54, 1.807) is 35.4 Å². The number of imide groups is 1. The number of H-pyrrole nitrogens is 1. The van der Waals surface area contributed by atoms with Gasteiger partial charge in [-0.2, -0.15) is 5.10 Å². The number of anilines is 2. The summed E-state index contributed by atoms with van der Waals surface area (Å²) < 4.78 is 35.9. The van der Waals surface area contributed by atoms with Crippen LogP contribution >= 0.6 is 23.4 Å². The first-order chi connectivity index (χ1) is 26.9. The first-order valence-electron chi connectivity index (χ1n) is 17.6. The topological polar surface area (TPSA) is 179 Å². The van der Waals surface area contributed by atoms with Crippen molar-refractivity contribution in [2.75, 3.05) is 55.4 Å². The number of rotatable bonds is 13. The number of ether oxygens (including phenoxy) is 2. The minimum Gasteiger partial charge on any atom is -0.420 e. The van der Waals surface area contributed by atoms with Crippen LogP contribution in [-0.4, -0.2) is 111 Å². The van der Waals surface area contributed by atoms with Crippen molar-refractivity contribution in [2.45, 2.75) is 35.9 Å². The Morgan fingerprint density at radius 2 is 1.82 bits per heavy atom. The molecule has 2 aromatic heterocycles. The third-order valence-corrected chi connectivity index (χ3v) is 10.6. The number of thioether (sulfide) groups is 1. The molecule has 2 fully saturated rings. The Kier molecular flexibility index (Phi) is 11.5. The number of amides is 5. The summed E-state index contributed by atoms with van der Waals surface area (Å²) in [6.07, 6.45) is 3.51. The zero-order valence-corrected chi connectivity index (χ0v) is 31.2. The number of nitrogens with one attached hydrogen (secondary N) is 3. The van der Waals surface area contributed by atoms with Gasteiger partial charge in [0.1, 0.15) is 24.2 Å². The summed E-state index contributed by atoms with van der Waals surface area (Å²) in [5.41, 5.74) is -0.635. The fourth-order valence-corrected chi connectivity index (χ4v) is 7.74. The van der Waals surface area contributed by atoms with Crippen LogP contribution in [0.5, 0.6) is 5.75 Å². The number of fused-ring (bicyclic) bond motifs is 1. The van der Waals surface area contributed by atoms with E-state index in [1.807, 2.05) is 11.0 Å². The highest BCUT2D eigenvalue weighted by Crippen LogP contribution is 2.35. The van der Waals surface area contributed by atoms with Crippen LogP contribution in [0, 0.1) is 0 Å². The third-order valence-electron chi connectivity index (χ3n) is 9.45. The first kappa shape index (κ1) is 38.7. The van der Waals surface area contributed by atoms with Crippen LogP contribution < -0.4 is 20.3 Å². The van der Waals surface area contributed by atoms with E-state index in [0.717, 1.165) is 10.5 Å². The molecule has 4 aromatic rings. The van der Waals surface area contributed by atoms with Gasteiger partial charge in [0.15, 0.2) is 0 Å². The van der Waals surface area contributed by atoms with Crippen LogP contribution in [0.4, 0.5) is 20.3 Å². The summed E-state index contributed by atoms with van der Waals surface area (Å²) >= 11 is 6.32. The SMILES string of the molecule is O=C1CCC(N2Cc3c(SCCOCC(=O)N4CCN(c5ncc(C(=O)Nc6ccc(OC(F)(F)Cl)cc6)cc5-c5ccn[nH]5)CC4)cccc3C2=O)C(=O)N1. The number of carbonyl (C=O) groups excluding carboxylic acids is 5. The Bertz CT molecular complexity index is 2130. The molecule has 0 bridgehead atoms. The minimum atomic E-state index is -3.86. The fraction of sp³-hybridized carbons (Fsp3) is 0.324. The summed E-state index contributed by atoms with van der Waals surface area (Å²) in [6, 6.07) is 13.5. The van der Waals surface area contributed by atoms with Crippen molar-refractivity contribution >= 4 is 64.4 Å². The molecule has 7 rings (SSSR count). The second kappa shape index (κ2) is 16.6. The number of benzene rings is 2. The summed E-state index contributed by atoms with van der Waals surface area (Å²) in [5.74, 6) is -0.674. The van der Waals surface area contributed by atoms with Gasteiger partial charge in [0.2, 0.25) is 17.7 Å². The van der Waals surface area contributed by atoms with E-state index in [1.165, 1.54) is 47.1 Å². The highest BCUT2D eigenvalue weighted by Gasteiger charge is 2.40. The van der Waals surface area contributed by atoms with E-state index in [-0.39, 0.29) is 48.6 Å². The Morgan fingerprint density at radius 1 is 1.04 bits per heavy atom. The van der Waals surface area contributed by atoms with Gasteiger partial charge < -0.3 is 29.5 Å². The molecule has 3 N–H and O–H groups in total. The van der Waals surface area contributed by atoms with Crippen LogP contribution in [0.25, 0.3) is 11.3 Å². The van der Waals surface area contributed by atoms with Gasteiger partial charge in [-0.25, -0.2) is 4.98 Å². The smallest absolute Gasteiger partial charge is 0.420 e. The number of piperidine rings is 1. The number of halogens is 3. The van der Waals surface area contributed by atoms with E-state index >= 15 is 0 Å². The number of hydrogen-bond donors (Lipinski definition) is 3. The van der Waals surface area contributed by atoms with Crippen molar-refractivity contribution in [1.29, 1.82) is 0 Å². The molecule has 19 heteroatoms. The van der Waals surface area contributed by atoms with Crippen molar-refractivity contribution in [2.24, 2.45) is 0 Å². The molecule has 2 saturated heterocycles. The fourth-order valence-electron chi connectivity index (χ4n) is 6.70. The molecule has 0 aliphatic carbocycles. The van der Waals surface area contributed by atoms with Gasteiger partial charge in [0.05, 0.1) is 17.9 Å². The lowest BCUT2D eigenvalue weighted by Gasteiger charge is -2.36. The van der Waals surface area contributed by atoms with Crippen molar-refractivity contribution in [3.05, 3.63) is 83.7 Å². The largest absolute Gasteiger partial charge is 0.487 e. The maximum atomic E-state index is 13.1. The molecule has 1 unspecified atom stereocenters. The van der Waals surface area contributed by atoms with Crippen molar-refractivity contribution < 1.29 is 42.2 Å². The zero-order chi connectivity index (χ0) is 39.4. The molecule has 3 aliphatic heterocycles. The van der Waals surface area contributed by atoms with Crippen LogP contribution in [0.1, 0.15) is 39.1 Å².